The summed E-state index contributed by atoms with van der Waals surface area (Å²) >= 11 is 0. The van der Waals surface area contributed by atoms with E-state index in [0.717, 1.165) is 43.3 Å². The summed E-state index contributed by atoms with van der Waals surface area (Å²) in [5.74, 6) is 0.954. The molecule has 0 saturated carbocycles. The minimum Gasteiger partial charge on any atom is -0.370 e. The fourth-order valence-electron chi connectivity index (χ4n) is 2.02. The van der Waals surface area contributed by atoms with Gasteiger partial charge in [-0.25, -0.2) is 4.98 Å². The average Bonchev–Trinajstić information content (AvgIpc) is 2.46. The molecule has 0 unspecified atom stereocenters. The first-order chi connectivity index (χ1) is 9.78. The largest absolute Gasteiger partial charge is 0.370 e. The van der Waals surface area contributed by atoms with Gasteiger partial charge in [-0.05, 0) is 37.7 Å². The molecule has 0 aromatic carbocycles. The van der Waals surface area contributed by atoms with Crippen molar-refractivity contribution in [3.63, 3.8) is 0 Å². The van der Waals surface area contributed by atoms with Crippen LogP contribution in [0.25, 0.3) is 0 Å². The highest BCUT2D eigenvalue weighted by atomic mass is 15.1. The summed E-state index contributed by atoms with van der Waals surface area (Å²) in [7, 11) is 2.09. The molecule has 0 amide bonds. The quantitative estimate of drug-likeness (QED) is 0.840. The molecule has 1 N–H and O–H groups in total. The van der Waals surface area contributed by atoms with Gasteiger partial charge in [0.15, 0.2) is 0 Å². The second-order valence-corrected chi connectivity index (χ2v) is 4.93. The van der Waals surface area contributed by atoms with Crippen molar-refractivity contribution in [2.45, 2.75) is 26.4 Å². The van der Waals surface area contributed by atoms with Crippen LogP contribution >= 0.6 is 0 Å². The summed E-state index contributed by atoms with van der Waals surface area (Å²) in [4.78, 5) is 11.2. The van der Waals surface area contributed by atoms with E-state index in [1.54, 1.807) is 0 Å². The molecule has 4 nitrogen and oxygen atoms in total. The molecule has 4 heteroatoms. The van der Waals surface area contributed by atoms with Crippen molar-refractivity contribution >= 4 is 5.82 Å². The van der Waals surface area contributed by atoms with Gasteiger partial charge in [0.2, 0.25) is 0 Å². The third-order valence-corrected chi connectivity index (χ3v) is 2.95. The predicted octanol–water partition coefficient (Wildman–Crippen LogP) is 2.93. The van der Waals surface area contributed by atoms with Crippen LogP contribution in [0.2, 0.25) is 0 Å². The van der Waals surface area contributed by atoms with E-state index >= 15 is 0 Å². The molecule has 0 atom stereocenters. The van der Waals surface area contributed by atoms with E-state index in [2.05, 4.69) is 46.3 Å². The monoisotopic (exact) mass is 270 g/mol. The van der Waals surface area contributed by atoms with E-state index in [4.69, 9.17) is 0 Å². The van der Waals surface area contributed by atoms with Gasteiger partial charge in [0.05, 0.1) is 11.4 Å². The molecule has 0 spiro atoms. The predicted molar refractivity (Wildman–Crippen MR) is 82.4 cm³/mol. The normalized spacial score (nSPS) is 10.8. The van der Waals surface area contributed by atoms with Gasteiger partial charge in [-0.1, -0.05) is 19.1 Å². The van der Waals surface area contributed by atoms with Gasteiger partial charge in [-0.2, -0.15) is 0 Å². The van der Waals surface area contributed by atoms with Crippen molar-refractivity contribution in [2.75, 3.05) is 18.9 Å². The van der Waals surface area contributed by atoms with Crippen LogP contribution in [-0.4, -0.2) is 28.5 Å². The van der Waals surface area contributed by atoms with E-state index in [0.29, 0.717) is 0 Å². The third-order valence-electron chi connectivity index (χ3n) is 2.95. The Morgan fingerprint density at radius 3 is 2.60 bits per heavy atom. The van der Waals surface area contributed by atoms with Crippen LogP contribution < -0.4 is 5.32 Å². The smallest absolute Gasteiger partial charge is 0.126 e. The van der Waals surface area contributed by atoms with E-state index in [1.165, 1.54) is 0 Å². The van der Waals surface area contributed by atoms with Crippen LogP contribution in [0.4, 0.5) is 5.82 Å². The van der Waals surface area contributed by atoms with Gasteiger partial charge >= 0.3 is 0 Å². The highest BCUT2D eigenvalue weighted by Gasteiger charge is 2.04. The fourth-order valence-corrected chi connectivity index (χ4v) is 2.02. The zero-order chi connectivity index (χ0) is 14.2. The van der Waals surface area contributed by atoms with E-state index in [-0.39, 0.29) is 0 Å². The summed E-state index contributed by atoms with van der Waals surface area (Å²) in [6.07, 6.45) is 2.93. The van der Waals surface area contributed by atoms with Crippen molar-refractivity contribution in [3.05, 3.63) is 54.0 Å². The lowest BCUT2D eigenvalue weighted by Gasteiger charge is -2.16. The van der Waals surface area contributed by atoms with Crippen molar-refractivity contribution in [2.24, 2.45) is 0 Å². The standard InChI is InChI=1S/C16H22N4/c1-3-10-18-16-9-6-8-15(19-16)13-20(2)12-14-7-4-5-11-17-14/h4-9,11H,3,10,12-13H2,1-2H3,(H,18,19). The van der Waals surface area contributed by atoms with Crippen LogP contribution in [0.5, 0.6) is 0 Å². The molecular weight excluding hydrogens is 248 g/mol. The van der Waals surface area contributed by atoms with Crippen molar-refractivity contribution in [3.8, 4) is 0 Å². The SMILES string of the molecule is CCCNc1cccc(CN(C)Cc2ccccn2)n1. The van der Waals surface area contributed by atoms with Crippen molar-refractivity contribution in [1.82, 2.24) is 14.9 Å². The Balaban J connectivity index is 1.92. The van der Waals surface area contributed by atoms with Crippen molar-refractivity contribution in [1.29, 1.82) is 0 Å². The van der Waals surface area contributed by atoms with Crippen LogP contribution in [0.1, 0.15) is 24.7 Å². The lowest BCUT2D eigenvalue weighted by molar-refractivity contribution is 0.311. The second kappa shape index (κ2) is 7.60. The molecule has 2 rings (SSSR count). The molecule has 2 heterocycles. The van der Waals surface area contributed by atoms with Crippen LogP contribution in [0, 0.1) is 0 Å². The summed E-state index contributed by atoms with van der Waals surface area (Å²) in [5.41, 5.74) is 2.15. The van der Waals surface area contributed by atoms with Crippen LogP contribution in [-0.2, 0) is 13.1 Å². The molecule has 0 aliphatic rings. The summed E-state index contributed by atoms with van der Waals surface area (Å²) in [6, 6.07) is 12.1. The zero-order valence-electron chi connectivity index (χ0n) is 12.2. The Labute approximate surface area is 120 Å². The highest BCUT2D eigenvalue weighted by molar-refractivity contribution is 5.35. The highest BCUT2D eigenvalue weighted by Crippen LogP contribution is 2.08. The number of hydrogen-bond acceptors (Lipinski definition) is 4. The Kier molecular flexibility index (Phi) is 5.50. The molecule has 0 aliphatic carbocycles. The molecule has 0 radical (unpaired) electrons. The number of rotatable bonds is 7. The molecule has 2 aromatic heterocycles. The third kappa shape index (κ3) is 4.63. The second-order valence-electron chi connectivity index (χ2n) is 4.93. The lowest BCUT2D eigenvalue weighted by atomic mass is 10.3. The molecular formula is C16H22N4. The fraction of sp³-hybridized carbons (Fsp3) is 0.375. The molecule has 0 saturated heterocycles. The molecule has 0 bridgehead atoms. The molecule has 106 valence electrons. The van der Waals surface area contributed by atoms with Crippen LogP contribution in [0.15, 0.2) is 42.6 Å². The van der Waals surface area contributed by atoms with E-state index in [9.17, 15) is 0 Å². The molecule has 0 aliphatic heterocycles. The minimum absolute atomic E-state index is 0.818. The van der Waals surface area contributed by atoms with E-state index < -0.39 is 0 Å². The number of pyridine rings is 2. The van der Waals surface area contributed by atoms with Crippen molar-refractivity contribution < 1.29 is 0 Å². The van der Waals surface area contributed by atoms with Gasteiger partial charge in [0.1, 0.15) is 5.82 Å². The topological polar surface area (TPSA) is 41.0 Å². The first-order valence-electron chi connectivity index (χ1n) is 7.06. The maximum atomic E-state index is 4.62. The minimum atomic E-state index is 0.818. The number of nitrogens with zero attached hydrogens (tertiary/aromatic N) is 3. The summed E-state index contributed by atoms with van der Waals surface area (Å²) < 4.78 is 0. The summed E-state index contributed by atoms with van der Waals surface area (Å²) in [5, 5.41) is 3.32. The Hall–Kier alpha value is -1.94. The van der Waals surface area contributed by atoms with Gasteiger partial charge in [-0.15, -0.1) is 0 Å². The molecule has 20 heavy (non-hydrogen) atoms. The van der Waals surface area contributed by atoms with Crippen LogP contribution in [0.3, 0.4) is 0 Å². The first-order valence-corrected chi connectivity index (χ1v) is 7.06. The zero-order valence-corrected chi connectivity index (χ0v) is 12.2. The number of nitrogens with one attached hydrogen (secondary N) is 1. The maximum absolute atomic E-state index is 4.62. The number of anilines is 1. The van der Waals surface area contributed by atoms with Gasteiger partial charge in [0, 0.05) is 25.8 Å². The Morgan fingerprint density at radius 1 is 1.05 bits per heavy atom. The first kappa shape index (κ1) is 14.5. The van der Waals surface area contributed by atoms with Gasteiger partial charge in [-0.3, -0.25) is 9.88 Å². The van der Waals surface area contributed by atoms with E-state index in [1.807, 2.05) is 30.5 Å². The van der Waals surface area contributed by atoms with Gasteiger partial charge < -0.3 is 5.32 Å². The molecule has 0 fully saturated rings. The summed E-state index contributed by atoms with van der Waals surface area (Å²) in [6.45, 7) is 4.76. The lowest BCUT2D eigenvalue weighted by Crippen LogP contribution is -2.19. The molecule has 2 aromatic rings. The number of aromatic nitrogens is 2. The number of hydrogen-bond donors (Lipinski definition) is 1. The average molecular weight is 270 g/mol. The maximum Gasteiger partial charge on any atom is 0.126 e. The Bertz CT molecular complexity index is 513. The Morgan fingerprint density at radius 2 is 1.85 bits per heavy atom. The van der Waals surface area contributed by atoms with Gasteiger partial charge in [0.25, 0.3) is 0 Å².